The SMILES string of the molecule is NC(=O)c1n[nH]nc1-c1ccc(F)cc1OCc1ccc(Cl)cc1. The van der Waals surface area contributed by atoms with Crippen LogP contribution in [-0.2, 0) is 6.61 Å². The number of primary amides is 1. The van der Waals surface area contributed by atoms with Crippen molar-refractivity contribution in [3.05, 3.63) is 64.6 Å². The molecule has 0 saturated heterocycles. The first kappa shape index (κ1) is 15.9. The van der Waals surface area contributed by atoms with Gasteiger partial charge in [0.2, 0.25) is 0 Å². The van der Waals surface area contributed by atoms with Gasteiger partial charge in [0, 0.05) is 16.7 Å². The number of hydrogen-bond donors (Lipinski definition) is 2. The van der Waals surface area contributed by atoms with Gasteiger partial charge in [0.25, 0.3) is 5.91 Å². The normalized spacial score (nSPS) is 10.6. The van der Waals surface area contributed by atoms with Gasteiger partial charge in [-0.25, -0.2) is 4.39 Å². The maximum atomic E-state index is 13.6. The molecule has 2 aromatic carbocycles. The molecule has 1 amide bonds. The summed E-state index contributed by atoms with van der Waals surface area (Å²) in [6.07, 6.45) is 0. The molecule has 1 aromatic heterocycles. The molecule has 6 nitrogen and oxygen atoms in total. The van der Waals surface area contributed by atoms with Gasteiger partial charge in [-0.15, -0.1) is 0 Å². The number of benzene rings is 2. The number of nitrogens with zero attached hydrogens (tertiary/aromatic N) is 2. The number of amides is 1. The van der Waals surface area contributed by atoms with Crippen molar-refractivity contribution < 1.29 is 13.9 Å². The Bertz CT molecular complexity index is 880. The lowest BCUT2D eigenvalue weighted by molar-refractivity contribution is 0.0996. The van der Waals surface area contributed by atoms with Crippen LogP contribution in [-0.4, -0.2) is 21.3 Å². The van der Waals surface area contributed by atoms with E-state index in [1.54, 1.807) is 24.3 Å². The summed E-state index contributed by atoms with van der Waals surface area (Å²) in [5, 5.41) is 10.6. The second-order valence-electron chi connectivity index (χ2n) is 4.94. The number of halogens is 2. The van der Waals surface area contributed by atoms with Crippen LogP contribution in [0.2, 0.25) is 5.02 Å². The molecule has 24 heavy (non-hydrogen) atoms. The van der Waals surface area contributed by atoms with Crippen LogP contribution in [0, 0.1) is 5.82 Å². The van der Waals surface area contributed by atoms with E-state index < -0.39 is 11.7 Å². The summed E-state index contributed by atoms with van der Waals surface area (Å²) in [4.78, 5) is 11.4. The minimum Gasteiger partial charge on any atom is -0.488 e. The van der Waals surface area contributed by atoms with E-state index in [0.29, 0.717) is 10.6 Å². The van der Waals surface area contributed by atoms with E-state index >= 15 is 0 Å². The molecule has 0 unspecified atom stereocenters. The molecule has 0 aliphatic rings. The third-order valence-electron chi connectivity index (χ3n) is 3.29. The fourth-order valence-electron chi connectivity index (χ4n) is 2.14. The fourth-order valence-corrected chi connectivity index (χ4v) is 2.27. The molecule has 122 valence electrons. The van der Waals surface area contributed by atoms with Crippen LogP contribution >= 0.6 is 11.6 Å². The van der Waals surface area contributed by atoms with Crippen molar-refractivity contribution in [2.45, 2.75) is 6.61 Å². The van der Waals surface area contributed by atoms with E-state index in [-0.39, 0.29) is 23.7 Å². The topological polar surface area (TPSA) is 93.9 Å². The largest absolute Gasteiger partial charge is 0.488 e. The minimum atomic E-state index is -0.744. The molecule has 0 aliphatic carbocycles. The Kier molecular flexibility index (Phi) is 4.43. The van der Waals surface area contributed by atoms with Gasteiger partial charge in [0.15, 0.2) is 5.69 Å². The van der Waals surface area contributed by atoms with Gasteiger partial charge in [0.1, 0.15) is 23.9 Å². The molecule has 0 fully saturated rings. The molecular formula is C16H12ClFN4O2. The van der Waals surface area contributed by atoms with Crippen molar-refractivity contribution in [2.75, 3.05) is 0 Å². The van der Waals surface area contributed by atoms with E-state index in [1.807, 2.05) is 0 Å². The molecule has 0 atom stereocenters. The highest BCUT2D eigenvalue weighted by atomic mass is 35.5. The molecule has 0 bridgehead atoms. The third kappa shape index (κ3) is 3.36. The fraction of sp³-hybridized carbons (Fsp3) is 0.0625. The van der Waals surface area contributed by atoms with Gasteiger partial charge in [0.05, 0.1) is 0 Å². The molecule has 3 N–H and O–H groups in total. The van der Waals surface area contributed by atoms with Crippen LogP contribution in [0.3, 0.4) is 0 Å². The Morgan fingerprint density at radius 3 is 2.67 bits per heavy atom. The van der Waals surface area contributed by atoms with Crippen LogP contribution in [0.15, 0.2) is 42.5 Å². The molecule has 8 heteroatoms. The van der Waals surface area contributed by atoms with Crippen molar-refractivity contribution in [3.63, 3.8) is 0 Å². The Labute approximate surface area is 141 Å². The van der Waals surface area contributed by atoms with Crippen molar-refractivity contribution in [2.24, 2.45) is 5.73 Å². The zero-order chi connectivity index (χ0) is 17.1. The second kappa shape index (κ2) is 6.67. The minimum absolute atomic E-state index is 0.0436. The lowest BCUT2D eigenvalue weighted by Gasteiger charge is -2.11. The standard InChI is InChI=1S/C16H12ClFN4O2/c17-10-3-1-9(2-4-10)8-24-13-7-11(18)5-6-12(13)14-15(16(19)23)21-22-20-14/h1-7H,8H2,(H2,19,23)(H,20,21,22). The van der Waals surface area contributed by atoms with E-state index in [0.717, 1.165) is 5.56 Å². The third-order valence-corrected chi connectivity index (χ3v) is 3.54. The summed E-state index contributed by atoms with van der Waals surface area (Å²) in [6, 6.07) is 11.0. The summed E-state index contributed by atoms with van der Waals surface area (Å²) < 4.78 is 19.3. The van der Waals surface area contributed by atoms with Gasteiger partial charge >= 0.3 is 0 Å². The lowest BCUT2D eigenvalue weighted by Crippen LogP contribution is -2.13. The van der Waals surface area contributed by atoms with E-state index in [1.165, 1.54) is 18.2 Å². The zero-order valence-corrected chi connectivity index (χ0v) is 13.0. The Morgan fingerprint density at radius 2 is 1.96 bits per heavy atom. The number of nitrogens with two attached hydrogens (primary N) is 1. The first-order valence-corrected chi connectivity index (χ1v) is 7.30. The van der Waals surface area contributed by atoms with Crippen molar-refractivity contribution in [1.82, 2.24) is 15.4 Å². The number of hydrogen-bond acceptors (Lipinski definition) is 4. The van der Waals surface area contributed by atoms with Crippen molar-refractivity contribution >= 4 is 17.5 Å². The van der Waals surface area contributed by atoms with E-state index in [9.17, 15) is 9.18 Å². The summed E-state index contributed by atoms with van der Waals surface area (Å²) in [5.41, 5.74) is 6.69. The average molecular weight is 347 g/mol. The van der Waals surface area contributed by atoms with Crippen LogP contribution in [0.1, 0.15) is 16.1 Å². The monoisotopic (exact) mass is 346 g/mol. The van der Waals surface area contributed by atoms with Crippen molar-refractivity contribution in [3.8, 4) is 17.0 Å². The number of rotatable bonds is 5. The molecule has 0 saturated carbocycles. The van der Waals surface area contributed by atoms with Gasteiger partial charge in [-0.05, 0) is 29.8 Å². The number of ether oxygens (including phenoxy) is 1. The summed E-state index contributed by atoms with van der Waals surface area (Å²) in [5.74, 6) is -0.998. The average Bonchev–Trinajstić information content (AvgIpc) is 3.04. The molecule has 3 aromatic rings. The Balaban J connectivity index is 1.92. The summed E-state index contributed by atoms with van der Waals surface area (Å²) >= 11 is 5.84. The summed E-state index contributed by atoms with van der Waals surface area (Å²) in [7, 11) is 0. The Hall–Kier alpha value is -2.93. The molecule has 3 rings (SSSR count). The summed E-state index contributed by atoms with van der Waals surface area (Å²) in [6.45, 7) is 0.192. The number of nitrogens with one attached hydrogen (secondary N) is 1. The predicted octanol–water partition coefficient (Wildman–Crippen LogP) is 2.94. The van der Waals surface area contributed by atoms with Gasteiger partial charge in [-0.2, -0.15) is 15.4 Å². The molecule has 0 spiro atoms. The number of H-pyrrole nitrogens is 1. The lowest BCUT2D eigenvalue weighted by atomic mass is 10.1. The smallest absolute Gasteiger partial charge is 0.271 e. The van der Waals surface area contributed by atoms with Gasteiger partial charge in [-0.1, -0.05) is 23.7 Å². The number of aromatic nitrogens is 3. The van der Waals surface area contributed by atoms with Crippen molar-refractivity contribution in [1.29, 1.82) is 0 Å². The van der Waals surface area contributed by atoms with Crippen LogP contribution in [0.4, 0.5) is 4.39 Å². The van der Waals surface area contributed by atoms with E-state index in [4.69, 9.17) is 22.1 Å². The van der Waals surface area contributed by atoms with E-state index in [2.05, 4.69) is 15.4 Å². The number of aromatic amines is 1. The predicted molar refractivity (Wildman–Crippen MR) is 86.1 cm³/mol. The highest BCUT2D eigenvalue weighted by molar-refractivity contribution is 6.30. The van der Waals surface area contributed by atoms with Gasteiger partial charge < -0.3 is 10.5 Å². The first-order valence-electron chi connectivity index (χ1n) is 6.92. The molecular weight excluding hydrogens is 335 g/mol. The van der Waals surface area contributed by atoms with Crippen LogP contribution < -0.4 is 10.5 Å². The number of carbonyl (C=O) groups excluding carboxylic acids is 1. The maximum Gasteiger partial charge on any atom is 0.271 e. The number of carbonyl (C=O) groups is 1. The quantitative estimate of drug-likeness (QED) is 0.742. The molecule has 0 aliphatic heterocycles. The Morgan fingerprint density at radius 1 is 1.21 bits per heavy atom. The highest BCUT2D eigenvalue weighted by Gasteiger charge is 2.19. The maximum absolute atomic E-state index is 13.6. The zero-order valence-electron chi connectivity index (χ0n) is 12.3. The van der Waals surface area contributed by atoms with Crippen LogP contribution in [0.5, 0.6) is 5.75 Å². The highest BCUT2D eigenvalue weighted by Crippen LogP contribution is 2.31. The van der Waals surface area contributed by atoms with Crippen LogP contribution in [0.25, 0.3) is 11.3 Å². The van der Waals surface area contributed by atoms with Gasteiger partial charge in [-0.3, -0.25) is 4.79 Å². The molecule has 1 heterocycles. The second-order valence-corrected chi connectivity index (χ2v) is 5.38. The molecule has 0 radical (unpaired) electrons. The first-order chi connectivity index (χ1) is 11.5.